The van der Waals surface area contributed by atoms with Gasteiger partial charge in [0.2, 0.25) is 0 Å². The summed E-state index contributed by atoms with van der Waals surface area (Å²) in [6.07, 6.45) is 0.830. The average molecular weight is 419 g/mol. The zero-order chi connectivity index (χ0) is 14.5. The standard InChI is InChI=1S/C15H11Br2ClO2/c16-11-3-6-15(13(7-11)14(17)8-19)20-9-10-1-4-12(18)5-2-10/h1-8,14H,9H2. The van der Waals surface area contributed by atoms with Crippen molar-refractivity contribution in [3.63, 3.8) is 0 Å². The third-order valence-electron chi connectivity index (χ3n) is 2.70. The van der Waals surface area contributed by atoms with E-state index in [1.807, 2.05) is 42.5 Å². The molecule has 5 heteroatoms. The summed E-state index contributed by atoms with van der Waals surface area (Å²) in [5, 5.41) is 0.694. The van der Waals surface area contributed by atoms with Gasteiger partial charge in [0.1, 0.15) is 18.6 Å². The SMILES string of the molecule is O=CC(Br)c1cc(Br)ccc1OCc1ccc(Cl)cc1. The second-order valence-corrected chi connectivity index (χ2v) is 6.47. The third-order valence-corrected chi connectivity index (χ3v) is 4.15. The monoisotopic (exact) mass is 416 g/mol. The molecule has 0 saturated carbocycles. The first kappa shape index (κ1) is 15.5. The molecular formula is C15H11Br2ClO2. The predicted octanol–water partition coefficient (Wildman–Crippen LogP) is 5.32. The Kier molecular flexibility index (Phi) is 5.64. The van der Waals surface area contributed by atoms with Crippen LogP contribution in [0.5, 0.6) is 5.75 Å². The number of benzene rings is 2. The molecule has 0 aliphatic rings. The summed E-state index contributed by atoms with van der Waals surface area (Å²) in [6, 6.07) is 13.0. The Morgan fingerprint density at radius 2 is 1.90 bits per heavy atom. The van der Waals surface area contributed by atoms with Crippen molar-refractivity contribution in [2.75, 3.05) is 0 Å². The first-order valence-electron chi connectivity index (χ1n) is 5.86. The lowest BCUT2D eigenvalue weighted by Gasteiger charge is -2.13. The molecule has 1 atom stereocenters. The van der Waals surface area contributed by atoms with Crippen LogP contribution in [-0.2, 0) is 11.4 Å². The molecule has 2 rings (SSSR count). The van der Waals surface area contributed by atoms with E-state index in [0.29, 0.717) is 17.4 Å². The average Bonchev–Trinajstić information content (AvgIpc) is 2.46. The molecule has 0 bridgehead atoms. The number of carbonyl (C=O) groups excluding carboxylic acids is 1. The van der Waals surface area contributed by atoms with Gasteiger partial charge in [0.05, 0.1) is 4.83 Å². The number of aldehydes is 1. The molecule has 0 saturated heterocycles. The van der Waals surface area contributed by atoms with Crippen LogP contribution in [0, 0.1) is 0 Å². The fraction of sp³-hybridized carbons (Fsp3) is 0.133. The van der Waals surface area contributed by atoms with E-state index in [1.54, 1.807) is 0 Å². The summed E-state index contributed by atoms with van der Waals surface area (Å²) in [6.45, 7) is 0.421. The number of halogens is 3. The zero-order valence-corrected chi connectivity index (χ0v) is 14.3. The van der Waals surface area contributed by atoms with Crippen molar-refractivity contribution in [3.05, 3.63) is 63.1 Å². The minimum absolute atomic E-state index is 0.389. The molecule has 20 heavy (non-hydrogen) atoms. The van der Waals surface area contributed by atoms with Crippen LogP contribution in [0.3, 0.4) is 0 Å². The lowest BCUT2D eigenvalue weighted by Crippen LogP contribution is -2.00. The molecule has 2 nitrogen and oxygen atoms in total. The number of alkyl halides is 1. The lowest BCUT2D eigenvalue weighted by atomic mass is 10.1. The van der Waals surface area contributed by atoms with Crippen molar-refractivity contribution >= 4 is 49.7 Å². The molecule has 0 amide bonds. The smallest absolute Gasteiger partial charge is 0.138 e. The van der Waals surface area contributed by atoms with Crippen LogP contribution in [0.25, 0.3) is 0 Å². The van der Waals surface area contributed by atoms with E-state index in [0.717, 1.165) is 21.9 Å². The summed E-state index contributed by atoms with van der Waals surface area (Å²) >= 11 is 12.6. The van der Waals surface area contributed by atoms with Crippen LogP contribution in [-0.4, -0.2) is 6.29 Å². The van der Waals surface area contributed by atoms with Gasteiger partial charge in [-0.1, -0.05) is 55.6 Å². The zero-order valence-electron chi connectivity index (χ0n) is 10.4. The Morgan fingerprint density at radius 3 is 2.55 bits per heavy atom. The predicted molar refractivity (Wildman–Crippen MR) is 87.7 cm³/mol. The van der Waals surface area contributed by atoms with Gasteiger partial charge in [-0.3, -0.25) is 0 Å². The first-order valence-corrected chi connectivity index (χ1v) is 7.95. The normalized spacial score (nSPS) is 11.9. The van der Waals surface area contributed by atoms with Crippen LogP contribution < -0.4 is 4.74 Å². The van der Waals surface area contributed by atoms with Crippen LogP contribution in [0.1, 0.15) is 16.0 Å². The summed E-state index contributed by atoms with van der Waals surface area (Å²) < 4.78 is 6.69. The molecule has 0 aliphatic heterocycles. The highest BCUT2D eigenvalue weighted by molar-refractivity contribution is 9.10. The second kappa shape index (κ2) is 7.25. The number of ether oxygens (including phenoxy) is 1. The van der Waals surface area contributed by atoms with Crippen LogP contribution >= 0.6 is 43.5 Å². The second-order valence-electron chi connectivity index (χ2n) is 4.14. The van der Waals surface area contributed by atoms with Crippen LogP contribution in [0.15, 0.2) is 46.9 Å². The number of rotatable bonds is 5. The molecule has 0 fully saturated rings. The van der Waals surface area contributed by atoms with Gasteiger partial charge in [-0.2, -0.15) is 0 Å². The summed E-state index contributed by atoms with van der Waals surface area (Å²) in [7, 11) is 0. The molecule has 0 aliphatic carbocycles. The van der Waals surface area contributed by atoms with Crippen molar-refractivity contribution in [3.8, 4) is 5.75 Å². The molecule has 0 heterocycles. The van der Waals surface area contributed by atoms with Crippen molar-refractivity contribution in [2.24, 2.45) is 0 Å². The summed E-state index contributed by atoms with van der Waals surface area (Å²) in [5.41, 5.74) is 1.81. The summed E-state index contributed by atoms with van der Waals surface area (Å²) in [5.74, 6) is 0.678. The third kappa shape index (κ3) is 4.08. The fourth-order valence-corrected chi connectivity index (χ4v) is 2.54. The van der Waals surface area contributed by atoms with Gasteiger partial charge in [0.25, 0.3) is 0 Å². The number of hydrogen-bond acceptors (Lipinski definition) is 2. The van der Waals surface area contributed by atoms with E-state index in [2.05, 4.69) is 31.9 Å². The molecule has 0 aromatic heterocycles. The van der Waals surface area contributed by atoms with Gasteiger partial charge < -0.3 is 9.53 Å². The Morgan fingerprint density at radius 1 is 1.20 bits per heavy atom. The van der Waals surface area contributed by atoms with Gasteiger partial charge in [-0.15, -0.1) is 0 Å². The molecule has 0 spiro atoms. The first-order chi connectivity index (χ1) is 9.60. The van der Waals surface area contributed by atoms with E-state index in [4.69, 9.17) is 16.3 Å². The maximum atomic E-state index is 10.9. The Hall–Kier alpha value is -0.840. The maximum absolute atomic E-state index is 10.9. The van der Waals surface area contributed by atoms with Crippen LogP contribution in [0.4, 0.5) is 0 Å². The Balaban J connectivity index is 2.16. The van der Waals surface area contributed by atoms with E-state index in [1.165, 1.54) is 0 Å². The number of carbonyl (C=O) groups is 1. The van der Waals surface area contributed by atoms with Gasteiger partial charge in [-0.05, 0) is 35.9 Å². The largest absolute Gasteiger partial charge is 0.489 e. The quantitative estimate of drug-likeness (QED) is 0.485. The highest BCUT2D eigenvalue weighted by Crippen LogP contribution is 2.32. The van der Waals surface area contributed by atoms with Gasteiger partial charge in [0, 0.05) is 15.1 Å². The van der Waals surface area contributed by atoms with E-state index in [9.17, 15) is 4.79 Å². The van der Waals surface area contributed by atoms with Gasteiger partial charge >= 0.3 is 0 Å². The number of hydrogen-bond donors (Lipinski definition) is 0. The molecular weight excluding hydrogens is 407 g/mol. The highest BCUT2D eigenvalue weighted by atomic mass is 79.9. The van der Waals surface area contributed by atoms with Crippen molar-refractivity contribution < 1.29 is 9.53 Å². The minimum Gasteiger partial charge on any atom is -0.489 e. The molecule has 1 unspecified atom stereocenters. The Bertz CT molecular complexity index is 599. The van der Waals surface area contributed by atoms with Gasteiger partial charge in [0.15, 0.2) is 0 Å². The van der Waals surface area contributed by atoms with E-state index < -0.39 is 0 Å². The van der Waals surface area contributed by atoms with Gasteiger partial charge in [-0.25, -0.2) is 0 Å². The molecule has 2 aromatic rings. The maximum Gasteiger partial charge on any atom is 0.138 e. The molecule has 2 aromatic carbocycles. The molecule has 104 valence electrons. The van der Waals surface area contributed by atoms with Crippen molar-refractivity contribution in [1.29, 1.82) is 0 Å². The summed E-state index contributed by atoms with van der Waals surface area (Å²) in [4.78, 5) is 10.6. The lowest BCUT2D eigenvalue weighted by molar-refractivity contribution is -0.107. The van der Waals surface area contributed by atoms with Crippen LogP contribution in [0.2, 0.25) is 5.02 Å². The fourth-order valence-electron chi connectivity index (χ4n) is 1.68. The van der Waals surface area contributed by atoms with E-state index in [-0.39, 0.29) is 4.83 Å². The Labute approximate surface area is 139 Å². The minimum atomic E-state index is -0.389. The highest BCUT2D eigenvalue weighted by Gasteiger charge is 2.13. The molecule has 0 radical (unpaired) electrons. The van der Waals surface area contributed by atoms with E-state index >= 15 is 0 Å². The van der Waals surface area contributed by atoms with Crippen molar-refractivity contribution in [1.82, 2.24) is 0 Å². The van der Waals surface area contributed by atoms with Crippen molar-refractivity contribution in [2.45, 2.75) is 11.4 Å². The molecule has 0 N–H and O–H groups in total. The topological polar surface area (TPSA) is 26.3 Å².